The molecule has 5 nitrogen and oxygen atoms in total. The monoisotopic (exact) mass is 364 g/mol. The molecule has 0 aliphatic carbocycles. The molecule has 0 spiro atoms. The summed E-state index contributed by atoms with van der Waals surface area (Å²) in [6.45, 7) is 5.63. The van der Waals surface area contributed by atoms with Crippen molar-refractivity contribution < 1.29 is 4.74 Å². The van der Waals surface area contributed by atoms with Gasteiger partial charge >= 0.3 is 0 Å². The Hall–Kier alpha value is -2.60. The van der Waals surface area contributed by atoms with Gasteiger partial charge in [0.05, 0.1) is 12.1 Å². The fraction of sp³-hybridized carbons (Fsp3) is 0.250. The van der Waals surface area contributed by atoms with Gasteiger partial charge in [0.15, 0.2) is 5.65 Å². The van der Waals surface area contributed by atoms with E-state index in [1.54, 1.807) is 11.8 Å². The first kappa shape index (κ1) is 16.8. The van der Waals surface area contributed by atoms with Crippen molar-refractivity contribution >= 4 is 33.8 Å². The number of fused-ring (bicyclic) bond motifs is 3. The maximum absolute atomic E-state index is 5.79. The first-order valence-corrected chi connectivity index (χ1v) is 9.68. The van der Waals surface area contributed by atoms with Gasteiger partial charge in [0.1, 0.15) is 11.3 Å². The van der Waals surface area contributed by atoms with Crippen LogP contribution in [0.15, 0.2) is 53.7 Å². The second-order valence-electron chi connectivity index (χ2n) is 6.04. The Morgan fingerprint density at radius 1 is 1.08 bits per heavy atom. The number of aryl methyl sites for hydroxylation is 2. The lowest BCUT2D eigenvalue weighted by Crippen LogP contribution is -2.02. The molecule has 0 bridgehead atoms. The summed E-state index contributed by atoms with van der Waals surface area (Å²) in [6, 6.07) is 16.3. The highest BCUT2D eigenvalue weighted by Crippen LogP contribution is 2.27. The van der Waals surface area contributed by atoms with E-state index in [9.17, 15) is 0 Å². The van der Waals surface area contributed by atoms with Gasteiger partial charge < -0.3 is 9.30 Å². The van der Waals surface area contributed by atoms with Crippen LogP contribution in [0.1, 0.15) is 12.5 Å². The second-order valence-corrected chi connectivity index (χ2v) is 7.10. The Morgan fingerprint density at radius 3 is 2.81 bits per heavy atom. The molecule has 0 unspecified atom stereocenters. The molecule has 0 radical (unpaired) electrons. The average molecular weight is 364 g/mol. The molecule has 26 heavy (non-hydrogen) atoms. The average Bonchev–Trinajstić information content (AvgIpc) is 2.98. The van der Waals surface area contributed by atoms with Gasteiger partial charge in [-0.05, 0) is 37.6 Å². The minimum Gasteiger partial charge on any atom is -0.493 e. The summed E-state index contributed by atoms with van der Waals surface area (Å²) in [6.07, 6.45) is 0. The second kappa shape index (κ2) is 7.33. The fourth-order valence-electron chi connectivity index (χ4n) is 3.07. The van der Waals surface area contributed by atoms with E-state index in [1.165, 1.54) is 5.56 Å². The van der Waals surface area contributed by atoms with Crippen LogP contribution in [0.3, 0.4) is 0 Å². The Labute approximate surface area is 156 Å². The molecule has 0 saturated heterocycles. The standard InChI is InChI=1S/C20H20N4OS/c1-3-24-17-10-5-4-9-16(17)18-19(24)21-20(23-22-18)26-12-11-25-15-8-6-7-14(2)13-15/h4-10,13H,3,11-12H2,1-2H3. The van der Waals surface area contributed by atoms with E-state index in [0.29, 0.717) is 11.8 Å². The van der Waals surface area contributed by atoms with Crippen LogP contribution >= 0.6 is 11.8 Å². The maximum Gasteiger partial charge on any atom is 0.211 e. The third kappa shape index (κ3) is 3.24. The van der Waals surface area contributed by atoms with Gasteiger partial charge in [0, 0.05) is 17.7 Å². The zero-order valence-electron chi connectivity index (χ0n) is 14.8. The summed E-state index contributed by atoms with van der Waals surface area (Å²) in [4.78, 5) is 4.74. The predicted molar refractivity (Wildman–Crippen MR) is 106 cm³/mol. The zero-order chi connectivity index (χ0) is 17.9. The van der Waals surface area contributed by atoms with Crippen molar-refractivity contribution in [2.24, 2.45) is 0 Å². The normalized spacial score (nSPS) is 11.3. The van der Waals surface area contributed by atoms with E-state index in [2.05, 4.69) is 46.8 Å². The van der Waals surface area contributed by atoms with Crippen LogP contribution in [0.2, 0.25) is 0 Å². The Morgan fingerprint density at radius 2 is 1.96 bits per heavy atom. The lowest BCUT2D eigenvalue weighted by Gasteiger charge is -2.06. The number of ether oxygens (including phenoxy) is 1. The molecule has 132 valence electrons. The summed E-state index contributed by atoms with van der Waals surface area (Å²) in [5.74, 6) is 1.67. The van der Waals surface area contributed by atoms with Crippen LogP contribution in [0.4, 0.5) is 0 Å². The molecule has 6 heteroatoms. The first-order valence-electron chi connectivity index (χ1n) is 8.70. The molecule has 0 atom stereocenters. The third-order valence-corrected chi connectivity index (χ3v) is 5.05. The molecule has 2 aromatic heterocycles. The van der Waals surface area contributed by atoms with Crippen molar-refractivity contribution in [1.29, 1.82) is 0 Å². The van der Waals surface area contributed by atoms with Crippen molar-refractivity contribution in [3.05, 3.63) is 54.1 Å². The summed E-state index contributed by atoms with van der Waals surface area (Å²) in [5.41, 5.74) is 4.10. The lowest BCUT2D eigenvalue weighted by atomic mass is 10.2. The van der Waals surface area contributed by atoms with E-state index >= 15 is 0 Å². The molecular weight excluding hydrogens is 344 g/mol. The first-order chi connectivity index (χ1) is 12.8. The Bertz CT molecular complexity index is 1060. The van der Waals surface area contributed by atoms with E-state index in [1.807, 2.05) is 30.3 Å². The summed E-state index contributed by atoms with van der Waals surface area (Å²) in [5, 5.41) is 10.5. The number of hydrogen-bond acceptors (Lipinski definition) is 5. The summed E-state index contributed by atoms with van der Waals surface area (Å²) >= 11 is 1.56. The maximum atomic E-state index is 5.79. The Kier molecular flexibility index (Phi) is 4.75. The summed E-state index contributed by atoms with van der Waals surface area (Å²) < 4.78 is 7.97. The molecule has 2 heterocycles. The number of para-hydroxylation sites is 1. The van der Waals surface area contributed by atoms with Crippen LogP contribution in [0.5, 0.6) is 5.75 Å². The fourth-order valence-corrected chi connectivity index (χ4v) is 3.67. The molecule has 2 aromatic carbocycles. The van der Waals surface area contributed by atoms with Crippen LogP contribution in [-0.4, -0.2) is 32.1 Å². The van der Waals surface area contributed by atoms with E-state index < -0.39 is 0 Å². The number of thioether (sulfide) groups is 1. The molecule has 0 N–H and O–H groups in total. The van der Waals surface area contributed by atoms with Gasteiger partial charge in [-0.15, -0.1) is 10.2 Å². The molecule has 0 aliphatic rings. The van der Waals surface area contributed by atoms with Crippen molar-refractivity contribution in [2.45, 2.75) is 25.5 Å². The van der Waals surface area contributed by atoms with Gasteiger partial charge in [-0.3, -0.25) is 0 Å². The number of aromatic nitrogens is 4. The number of hydrogen-bond donors (Lipinski definition) is 0. The van der Waals surface area contributed by atoms with Crippen LogP contribution < -0.4 is 4.74 Å². The number of benzene rings is 2. The van der Waals surface area contributed by atoms with E-state index in [4.69, 9.17) is 9.72 Å². The van der Waals surface area contributed by atoms with Gasteiger partial charge in [-0.25, -0.2) is 4.98 Å². The number of nitrogens with zero attached hydrogens (tertiary/aromatic N) is 4. The minimum absolute atomic E-state index is 0.603. The van der Waals surface area contributed by atoms with Crippen molar-refractivity contribution in [1.82, 2.24) is 19.7 Å². The molecule has 0 aliphatic heterocycles. The highest BCUT2D eigenvalue weighted by atomic mass is 32.2. The quantitative estimate of drug-likeness (QED) is 0.373. The van der Waals surface area contributed by atoms with Crippen LogP contribution in [0.25, 0.3) is 22.1 Å². The molecule has 0 fully saturated rings. The van der Waals surface area contributed by atoms with Gasteiger partial charge in [-0.2, -0.15) is 0 Å². The molecule has 4 rings (SSSR count). The number of rotatable bonds is 6. The minimum atomic E-state index is 0.603. The Balaban J connectivity index is 1.50. The van der Waals surface area contributed by atoms with Crippen LogP contribution in [0, 0.1) is 6.92 Å². The van der Waals surface area contributed by atoms with E-state index in [0.717, 1.165) is 40.1 Å². The van der Waals surface area contributed by atoms with Gasteiger partial charge in [0.25, 0.3) is 0 Å². The van der Waals surface area contributed by atoms with Gasteiger partial charge in [0.2, 0.25) is 5.16 Å². The molecular formula is C20H20N4OS. The van der Waals surface area contributed by atoms with E-state index in [-0.39, 0.29) is 0 Å². The topological polar surface area (TPSA) is 52.8 Å². The summed E-state index contributed by atoms with van der Waals surface area (Å²) in [7, 11) is 0. The largest absolute Gasteiger partial charge is 0.493 e. The van der Waals surface area contributed by atoms with Crippen molar-refractivity contribution in [3.8, 4) is 5.75 Å². The molecule has 4 aromatic rings. The van der Waals surface area contributed by atoms with Crippen molar-refractivity contribution in [3.63, 3.8) is 0 Å². The van der Waals surface area contributed by atoms with Gasteiger partial charge in [-0.1, -0.05) is 42.1 Å². The lowest BCUT2D eigenvalue weighted by molar-refractivity contribution is 0.343. The predicted octanol–water partition coefficient (Wildman–Crippen LogP) is 4.48. The van der Waals surface area contributed by atoms with Crippen LogP contribution in [-0.2, 0) is 6.54 Å². The zero-order valence-corrected chi connectivity index (χ0v) is 15.7. The smallest absolute Gasteiger partial charge is 0.211 e. The van der Waals surface area contributed by atoms with Crippen molar-refractivity contribution in [2.75, 3.05) is 12.4 Å². The highest BCUT2D eigenvalue weighted by Gasteiger charge is 2.13. The SMILES string of the molecule is CCn1c2ccccc2c2nnc(SCCOc3cccc(C)c3)nc21. The molecule has 0 amide bonds. The molecule has 0 saturated carbocycles. The third-order valence-electron chi connectivity index (χ3n) is 4.24. The highest BCUT2D eigenvalue weighted by molar-refractivity contribution is 7.99.